The van der Waals surface area contributed by atoms with Crippen LogP contribution in [0.4, 0.5) is 10.1 Å². The number of carbonyl (C=O) groups is 1. The lowest BCUT2D eigenvalue weighted by atomic mass is 9.81. The number of hydrogen-bond donors (Lipinski definition) is 2. The molecule has 3 aliphatic rings. The lowest BCUT2D eigenvalue weighted by Gasteiger charge is -2.35. The van der Waals surface area contributed by atoms with Crippen LogP contribution in [0.1, 0.15) is 46.8 Å². The first kappa shape index (κ1) is 18.1. The lowest BCUT2D eigenvalue weighted by Crippen LogP contribution is -2.46. The number of hydrogen-bond acceptors (Lipinski definition) is 3. The number of carbonyl (C=O) groups excluding carboxylic acids is 1. The summed E-state index contributed by atoms with van der Waals surface area (Å²) in [6.45, 7) is 3.22. The Bertz CT molecular complexity index is 937. The molecule has 2 aromatic rings. The Hall–Kier alpha value is -1.92. The van der Waals surface area contributed by atoms with Gasteiger partial charge in [0.2, 0.25) is 0 Å². The summed E-state index contributed by atoms with van der Waals surface area (Å²) in [7, 11) is 0. The molecule has 146 valence electrons. The third-order valence-electron chi connectivity index (χ3n) is 6.35. The molecule has 1 spiro atoms. The molecule has 0 bridgehead atoms. The zero-order chi connectivity index (χ0) is 19.3. The molecular formula is C22H23BrFN3O. The van der Waals surface area contributed by atoms with E-state index in [1.165, 1.54) is 11.6 Å². The normalized spacial score (nSPS) is 22.5. The Balaban J connectivity index is 1.46. The van der Waals surface area contributed by atoms with Crippen molar-refractivity contribution in [3.8, 4) is 0 Å². The largest absolute Gasteiger partial charge is 0.378 e. The molecule has 2 aliphatic heterocycles. The molecule has 5 rings (SSSR count). The zero-order valence-electron chi connectivity index (χ0n) is 15.6. The van der Waals surface area contributed by atoms with Gasteiger partial charge in [0.1, 0.15) is 5.82 Å². The maximum atomic E-state index is 13.8. The predicted octanol–water partition coefficient (Wildman–Crippen LogP) is 4.22. The molecule has 28 heavy (non-hydrogen) atoms. The van der Waals surface area contributed by atoms with Gasteiger partial charge in [-0.3, -0.25) is 4.79 Å². The van der Waals surface area contributed by atoms with Crippen molar-refractivity contribution in [1.82, 2.24) is 10.2 Å². The summed E-state index contributed by atoms with van der Waals surface area (Å²) < 4.78 is 14.8. The quantitative estimate of drug-likeness (QED) is 0.729. The van der Waals surface area contributed by atoms with Gasteiger partial charge in [0.15, 0.2) is 0 Å². The van der Waals surface area contributed by atoms with Crippen LogP contribution in [0.5, 0.6) is 0 Å². The lowest BCUT2D eigenvalue weighted by molar-refractivity contribution is 0.0735. The van der Waals surface area contributed by atoms with Crippen molar-refractivity contribution in [2.75, 3.05) is 31.5 Å². The van der Waals surface area contributed by atoms with Gasteiger partial charge in [-0.2, -0.15) is 0 Å². The molecule has 1 saturated heterocycles. The van der Waals surface area contributed by atoms with Crippen molar-refractivity contribution in [2.24, 2.45) is 0 Å². The minimum Gasteiger partial charge on any atom is -0.378 e. The molecule has 0 radical (unpaired) electrons. The SMILES string of the molecule is O=C(c1ccc2c(c1)C1(CC1)CC(c1cc(F)ccc1Br)N2)N1CCNCC1. The number of rotatable bonds is 2. The van der Waals surface area contributed by atoms with Gasteiger partial charge in [-0.05, 0) is 72.2 Å². The van der Waals surface area contributed by atoms with Crippen LogP contribution in [0.3, 0.4) is 0 Å². The summed E-state index contributed by atoms with van der Waals surface area (Å²) in [4.78, 5) is 14.8. The molecule has 1 atom stereocenters. The molecule has 2 N–H and O–H groups in total. The van der Waals surface area contributed by atoms with E-state index in [-0.39, 0.29) is 23.2 Å². The monoisotopic (exact) mass is 443 g/mol. The van der Waals surface area contributed by atoms with Gasteiger partial charge in [0, 0.05) is 41.9 Å². The minimum atomic E-state index is -0.215. The van der Waals surface area contributed by atoms with E-state index in [1.54, 1.807) is 12.1 Å². The third kappa shape index (κ3) is 3.12. The molecule has 0 aromatic heterocycles. The molecule has 1 saturated carbocycles. The smallest absolute Gasteiger partial charge is 0.253 e. The van der Waals surface area contributed by atoms with E-state index in [9.17, 15) is 9.18 Å². The van der Waals surface area contributed by atoms with E-state index in [4.69, 9.17) is 0 Å². The average Bonchev–Trinajstić information content (AvgIpc) is 3.49. The fourth-order valence-corrected chi connectivity index (χ4v) is 5.15. The molecule has 2 fully saturated rings. The first-order valence-electron chi connectivity index (χ1n) is 9.92. The fraction of sp³-hybridized carbons (Fsp3) is 0.409. The molecule has 2 heterocycles. The molecule has 1 unspecified atom stereocenters. The van der Waals surface area contributed by atoms with Crippen LogP contribution in [-0.2, 0) is 5.41 Å². The van der Waals surface area contributed by atoms with E-state index in [0.29, 0.717) is 0 Å². The number of amides is 1. The van der Waals surface area contributed by atoms with Crippen LogP contribution >= 0.6 is 15.9 Å². The Morgan fingerprint density at radius 1 is 1.14 bits per heavy atom. The Kier molecular flexibility index (Phi) is 4.43. The summed E-state index contributed by atoms with van der Waals surface area (Å²) in [5.74, 6) is -0.0947. The van der Waals surface area contributed by atoms with Crippen LogP contribution in [0.15, 0.2) is 40.9 Å². The number of nitrogens with one attached hydrogen (secondary N) is 2. The van der Waals surface area contributed by atoms with Gasteiger partial charge < -0.3 is 15.5 Å². The van der Waals surface area contributed by atoms with E-state index >= 15 is 0 Å². The number of benzene rings is 2. The second-order valence-electron chi connectivity index (χ2n) is 8.15. The van der Waals surface area contributed by atoms with Gasteiger partial charge in [-0.25, -0.2) is 4.39 Å². The van der Waals surface area contributed by atoms with E-state index in [2.05, 4.69) is 32.6 Å². The highest BCUT2D eigenvalue weighted by Crippen LogP contribution is 2.59. The molecular weight excluding hydrogens is 421 g/mol. The first-order valence-corrected chi connectivity index (χ1v) is 10.7. The fourth-order valence-electron chi connectivity index (χ4n) is 4.63. The van der Waals surface area contributed by atoms with Gasteiger partial charge in [-0.15, -0.1) is 0 Å². The average molecular weight is 444 g/mol. The zero-order valence-corrected chi connectivity index (χ0v) is 17.2. The van der Waals surface area contributed by atoms with E-state index in [1.807, 2.05) is 17.0 Å². The standard InChI is InChI=1S/C22H23BrFN3O/c23-18-3-2-15(24)12-16(18)20-13-22(5-6-22)17-11-14(1-4-19(17)26-20)21(28)27-9-7-25-8-10-27/h1-4,11-12,20,25-26H,5-10,13H2. The van der Waals surface area contributed by atoms with Crippen LogP contribution in [0, 0.1) is 5.82 Å². The maximum Gasteiger partial charge on any atom is 0.253 e. The van der Waals surface area contributed by atoms with Crippen molar-refractivity contribution in [1.29, 1.82) is 0 Å². The summed E-state index contributed by atoms with van der Waals surface area (Å²) in [5, 5.41) is 6.88. The van der Waals surface area contributed by atoms with Gasteiger partial charge in [0.25, 0.3) is 5.91 Å². The number of nitrogens with zero attached hydrogens (tertiary/aromatic N) is 1. The molecule has 4 nitrogen and oxygen atoms in total. The first-order chi connectivity index (χ1) is 13.6. The molecule has 2 aromatic carbocycles. The summed E-state index contributed by atoms with van der Waals surface area (Å²) in [6, 6.07) is 11.0. The predicted molar refractivity (Wildman–Crippen MR) is 111 cm³/mol. The molecule has 6 heteroatoms. The van der Waals surface area contributed by atoms with Crippen LogP contribution in [-0.4, -0.2) is 37.0 Å². The minimum absolute atomic E-state index is 0.0646. The van der Waals surface area contributed by atoms with Gasteiger partial charge in [0.05, 0.1) is 6.04 Å². The topological polar surface area (TPSA) is 44.4 Å². The number of fused-ring (bicyclic) bond motifs is 2. The molecule has 1 amide bonds. The number of halogens is 2. The second kappa shape index (κ2) is 6.85. The summed E-state index contributed by atoms with van der Waals surface area (Å²) in [6.07, 6.45) is 3.17. The van der Waals surface area contributed by atoms with E-state index < -0.39 is 0 Å². The highest BCUT2D eigenvalue weighted by Gasteiger charge is 2.50. The third-order valence-corrected chi connectivity index (χ3v) is 7.08. The Morgan fingerprint density at radius 3 is 2.68 bits per heavy atom. The maximum absolute atomic E-state index is 13.8. The van der Waals surface area contributed by atoms with Crippen LogP contribution in [0.25, 0.3) is 0 Å². The second-order valence-corrected chi connectivity index (χ2v) is 9.00. The van der Waals surface area contributed by atoms with Gasteiger partial charge in [-0.1, -0.05) is 15.9 Å². The van der Waals surface area contributed by atoms with Gasteiger partial charge >= 0.3 is 0 Å². The summed E-state index contributed by atoms with van der Waals surface area (Å²) >= 11 is 3.58. The molecule has 1 aliphatic carbocycles. The van der Waals surface area contributed by atoms with E-state index in [0.717, 1.165) is 66.7 Å². The van der Waals surface area contributed by atoms with Crippen molar-refractivity contribution in [3.63, 3.8) is 0 Å². The number of piperazine rings is 1. The Morgan fingerprint density at radius 2 is 1.93 bits per heavy atom. The highest BCUT2D eigenvalue weighted by molar-refractivity contribution is 9.10. The number of anilines is 1. The van der Waals surface area contributed by atoms with Crippen molar-refractivity contribution < 1.29 is 9.18 Å². The van der Waals surface area contributed by atoms with Crippen molar-refractivity contribution >= 4 is 27.5 Å². The highest BCUT2D eigenvalue weighted by atomic mass is 79.9. The van der Waals surface area contributed by atoms with Crippen molar-refractivity contribution in [3.05, 3.63) is 63.4 Å². The van der Waals surface area contributed by atoms with Crippen molar-refractivity contribution in [2.45, 2.75) is 30.7 Å². The van der Waals surface area contributed by atoms with Crippen LogP contribution < -0.4 is 10.6 Å². The Labute approximate surface area is 172 Å². The summed E-state index contributed by atoms with van der Waals surface area (Å²) in [5.41, 5.74) is 4.16. The van der Waals surface area contributed by atoms with Crippen LogP contribution in [0.2, 0.25) is 0 Å².